The van der Waals surface area contributed by atoms with Crippen molar-refractivity contribution < 1.29 is 27.1 Å². The molecular formula is C22H22FN3O5S. The molecule has 168 valence electrons. The summed E-state index contributed by atoms with van der Waals surface area (Å²) in [6.45, 7) is 0.685. The molecule has 0 spiro atoms. The minimum atomic E-state index is -3.74. The first-order chi connectivity index (χ1) is 15.3. The third-order valence-corrected chi connectivity index (χ3v) is 6.81. The number of piperazine rings is 1. The third kappa shape index (κ3) is 5.43. The van der Waals surface area contributed by atoms with Crippen LogP contribution in [-0.4, -0.2) is 63.4 Å². The largest absolute Gasteiger partial charge is 0.493 e. The first kappa shape index (κ1) is 23.2. The van der Waals surface area contributed by atoms with Crippen LogP contribution in [0.5, 0.6) is 11.5 Å². The van der Waals surface area contributed by atoms with Crippen molar-refractivity contribution in [3.8, 4) is 17.6 Å². The van der Waals surface area contributed by atoms with Crippen LogP contribution in [0.15, 0.2) is 53.4 Å². The van der Waals surface area contributed by atoms with E-state index in [4.69, 9.17) is 14.7 Å². The van der Waals surface area contributed by atoms with Gasteiger partial charge in [0.2, 0.25) is 15.9 Å². The van der Waals surface area contributed by atoms with Crippen LogP contribution in [-0.2, 0) is 14.8 Å². The smallest absolute Gasteiger partial charge is 0.246 e. The SMILES string of the molecule is COc1cc(C=CC(=O)N2CCN(S(=O)(=O)c3ccc(F)cc3)CC2)ccc1OCC#N. The van der Waals surface area contributed by atoms with Crippen molar-refractivity contribution in [2.45, 2.75) is 4.90 Å². The Balaban J connectivity index is 1.60. The van der Waals surface area contributed by atoms with Crippen molar-refractivity contribution in [3.05, 3.63) is 59.9 Å². The predicted octanol–water partition coefficient (Wildman–Crippen LogP) is 2.28. The van der Waals surface area contributed by atoms with Gasteiger partial charge in [0.15, 0.2) is 18.1 Å². The van der Waals surface area contributed by atoms with Crippen LogP contribution in [0, 0.1) is 17.1 Å². The standard InChI is InChI=1S/C22H22FN3O5S/c1-30-21-16-17(2-8-20(21)31-15-10-24)3-9-22(27)25-11-13-26(14-12-25)32(28,29)19-6-4-18(23)5-7-19/h2-9,16H,11-15H2,1H3. The molecule has 0 bridgehead atoms. The van der Waals surface area contributed by atoms with Gasteiger partial charge in [-0.2, -0.15) is 9.57 Å². The molecule has 0 saturated carbocycles. The van der Waals surface area contributed by atoms with Crippen LogP contribution in [0.2, 0.25) is 0 Å². The summed E-state index contributed by atoms with van der Waals surface area (Å²) in [7, 11) is -2.26. The molecular weight excluding hydrogens is 437 g/mol. The molecule has 0 aromatic heterocycles. The van der Waals surface area contributed by atoms with Gasteiger partial charge in [0, 0.05) is 32.3 Å². The predicted molar refractivity (Wildman–Crippen MR) is 115 cm³/mol. The molecule has 0 N–H and O–H groups in total. The van der Waals surface area contributed by atoms with E-state index in [-0.39, 0.29) is 43.6 Å². The molecule has 2 aromatic carbocycles. The third-order valence-electron chi connectivity index (χ3n) is 4.90. The van der Waals surface area contributed by atoms with Gasteiger partial charge in [-0.1, -0.05) is 6.07 Å². The van der Waals surface area contributed by atoms with Crippen LogP contribution < -0.4 is 9.47 Å². The molecule has 8 nitrogen and oxygen atoms in total. The number of ether oxygens (including phenoxy) is 2. The molecule has 1 fully saturated rings. The van der Waals surface area contributed by atoms with E-state index in [1.54, 1.807) is 29.2 Å². The maximum atomic E-state index is 13.1. The molecule has 0 radical (unpaired) electrons. The fourth-order valence-corrected chi connectivity index (χ4v) is 4.62. The number of amides is 1. The van der Waals surface area contributed by atoms with Crippen LogP contribution in [0.4, 0.5) is 4.39 Å². The maximum Gasteiger partial charge on any atom is 0.246 e. The van der Waals surface area contributed by atoms with Gasteiger partial charge in [-0.3, -0.25) is 4.79 Å². The van der Waals surface area contributed by atoms with Gasteiger partial charge >= 0.3 is 0 Å². The molecule has 32 heavy (non-hydrogen) atoms. The summed E-state index contributed by atoms with van der Waals surface area (Å²) < 4.78 is 50.3. The van der Waals surface area contributed by atoms with Gasteiger partial charge in [-0.15, -0.1) is 0 Å². The first-order valence-electron chi connectivity index (χ1n) is 9.75. The highest BCUT2D eigenvalue weighted by molar-refractivity contribution is 7.89. The lowest BCUT2D eigenvalue weighted by Crippen LogP contribution is -2.50. The number of halogens is 1. The molecule has 3 rings (SSSR count). The summed E-state index contributed by atoms with van der Waals surface area (Å²) in [6, 6.07) is 11.6. The van der Waals surface area contributed by atoms with Crippen LogP contribution in [0.25, 0.3) is 6.08 Å². The average molecular weight is 459 g/mol. The first-order valence-corrected chi connectivity index (χ1v) is 11.2. The van der Waals surface area contributed by atoms with Crippen molar-refractivity contribution in [1.29, 1.82) is 5.26 Å². The number of nitrogens with zero attached hydrogens (tertiary/aromatic N) is 3. The number of sulfonamides is 1. The number of carbonyl (C=O) groups excluding carboxylic acids is 1. The zero-order valence-corrected chi connectivity index (χ0v) is 18.2. The van der Waals surface area contributed by atoms with E-state index in [0.717, 1.165) is 12.1 Å². The topological polar surface area (TPSA) is 99.9 Å². The number of rotatable bonds is 7. The van der Waals surface area contributed by atoms with E-state index in [0.29, 0.717) is 17.1 Å². The van der Waals surface area contributed by atoms with E-state index >= 15 is 0 Å². The highest BCUT2D eigenvalue weighted by Gasteiger charge is 2.29. The van der Waals surface area contributed by atoms with Crippen LogP contribution in [0.1, 0.15) is 5.56 Å². The second kappa shape index (κ2) is 10.3. The molecule has 2 aromatic rings. The molecule has 1 aliphatic heterocycles. The Kier molecular flexibility index (Phi) is 7.45. The second-order valence-electron chi connectivity index (χ2n) is 6.87. The minimum Gasteiger partial charge on any atom is -0.493 e. The normalized spacial score (nSPS) is 14.8. The summed E-state index contributed by atoms with van der Waals surface area (Å²) in [4.78, 5) is 14.1. The fourth-order valence-electron chi connectivity index (χ4n) is 3.19. The van der Waals surface area contributed by atoms with E-state index in [1.807, 2.05) is 6.07 Å². The lowest BCUT2D eigenvalue weighted by molar-refractivity contribution is -0.127. The Bertz CT molecular complexity index is 1140. The van der Waals surface area contributed by atoms with Gasteiger partial charge in [-0.05, 0) is 48.0 Å². The Hall–Kier alpha value is -3.42. The average Bonchev–Trinajstić information content (AvgIpc) is 2.81. The van der Waals surface area contributed by atoms with Gasteiger partial charge in [-0.25, -0.2) is 12.8 Å². The zero-order valence-electron chi connectivity index (χ0n) is 17.4. The van der Waals surface area contributed by atoms with Crippen LogP contribution >= 0.6 is 0 Å². The monoisotopic (exact) mass is 459 g/mol. The Morgan fingerprint density at radius 3 is 2.44 bits per heavy atom. The van der Waals surface area contributed by atoms with Crippen molar-refractivity contribution in [3.63, 3.8) is 0 Å². The van der Waals surface area contributed by atoms with Crippen molar-refractivity contribution in [2.75, 3.05) is 39.9 Å². The second-order valence-corrected chi connectivity index (χ2v) is 8.81. The molecule has 0 unspecified atom stereocenters. The lowest BCUT2D eigenvalue weighted by Gasteiger charge is -2.33. The number of carbonyl (C=O) groups is 1. The summed E-state index contributed by atoms with van der Waals surface area (Å²) in [5.74, 6) is 0.117. The molecule has 1 aliphatic rings. The highest BCUT2D eigenvalue weighted by Crippen LogP contribution is 2.28. The van der Waals surface area contributed by atoms with Gasteiger partial charge < -0.3 is 14.4 Å². The number of hydrogen-bond acceptors (Lipinski definition) is 6. The molecule has 0 atom stereocenters. The molecule has 10 heteroatoms. The van der Waals surface area contributed by atoms with Crippen molar-refractivity contribution in [1.82, 2.24) is 9.21 Å². The van der Waals surface area contributed by atoms with Gasteiger partial charge in [0.05, 0.1) is 12.0 Å². The number of nitriles is 1. The van der Waals surface area contributed by atoms with E-state index < -0.39 is 15.8 Å². The van der Waals surface area contributed by atoms with E-state index in [2.05, 4.69) is 0 Å². The Morgan fingerprint density at radius 2 is 1.81 bits per heavy atom. The Labute approximate surface area is 186 Å². The molecule has 0 aliphatic carbocycles. The van der Waals surface area contributed by atoms with E-state index in [9.17, 15) is 17.6 Å². The van der Waals surface area contributed by atoms with Crippen LogP contribution in [0.3, 0.4) is 0 Å². The minimum absolute atomic E-state index is 0.0229. The summed E-state index contributed by atoms with van der Waals surface area (Å²) in [5.41, 5.74) is 0.706. The number of methoxy groups -OCH3 is 1. The van der Waals surface area contributed by atoms with E-state index in [1.165, 1.54) is 29.6 Å². The maximum absolute atomic E-state index is 13.1. The quantitative estimate of drug-likeness (QED) is 0.589. The number of benzene rings is 2. The number of hydrogen-bond donors (Lipinski definition) is 0. The summed E-state index contributed by atoms with van der Waals surface area (Å²) in [6.07, 6.45) is 3.04. The van der Waals surface area contributed by atoms with Gasteiger partial charge in [0.25, 0.3) is 0 Å². The highest BCUT2D eigenvalue weighted by atomic mass is 32.2. The summed E-state index contributed by atoms with van der Waals surface area (Å²) >= 11 is 0. The van der Waals surface area contributed by atoms with Crippen molar-refractivity contribution >= 4 is 22.0 Å². The Morgan fingerprint density at radius 1 is 1.12 bits per heavy atom. The molecule has 1 saturated heterocycles. The summed E-state index contributed by atoms with van der Waals surface area (Å²) in [5, 5.41) is 8.62. The van der Waals surface area contributed by atoms with Crippen molar-refractivity contribution in [2.24, 2.45) is 0 Å². The fraction of sp³-hybridized carbons (Fsp3) is 0.273. The molecule has 1 heterocycles. The van der Waals surface area contributed by atoms with Gasteiger partial charge in [0.1, 0.15) is 11.9 Å². The molecule has 1 amide bonds. The lowest BCUT2D eigenvalue weighted by atomic mass is 10.2. The zero-order chi connectivity index (χ0) is 23.1.